The molecule has 313 valence electrons. The van der Waals surface area contributed by atoms with Crippen molar-refractivity contribution in [3.05, 3.63) is 101 Å². The molecule has 0 unspecified atom stereocenters. The minimum atomic E-state index is -4.71. The van der Waals surface area contributed by atoms with E-state index in [1.807, 2.05) is 53.7 Å². The number of rotatable bonds is 11. The fourth-order valence-corrected chi connectivity index (χ4v) is 8.54. The smallest absolute Gasteiger partial charge is 0.418 e. The Morgan fingerprint density at radius 2 is 1.50 bits per heavy atom. The van der Waals surface area contributed by atoms with Gasteiger partial charge in [-0.25, -0.2) is 0 Å². The minimum absolute atomic E-state index is 0. The molecular weight excluding hydrogens is 953 g/mol. The van der Waals surface area contributed by atoms with Crippen LogP contribution >= 0.6 is 11.3 Å². The van der Waals surface area contributed by atoms with Crippen LogP contribution in [-0.2, 0) is 37.5 Å². The van der Waals surface area contributed by atoms with Gasteiger partial charge in [0.1, 0.15) is 11.3 Å². The summed E-state index contributed by atoms with van der Waals surface area (Å²) in [5.41, 5.74) is 0.832. The first kappa shape index (κ1) is 46.7. The molecule has 3 aromatic carbocycles. The van der Waals surface area contributed by atoms with E-state index < -0.39 is 23.3 Å². The van der Waals surface area contributed by atoms with Crippen LogP contribution in [0.3, 0.4) is 0 Å². The minimum Gasteiger partial charge on any atom is -0.512 e. The van der Waals surface area contributed by atoms with E-state index in [-0.39, 0.29) is 71.5 Å². The number of fused-ring (bicyclic) bond motifs is 4. The number of ketones is 1. The van der Waals surface area contributed by atoms with Crippen molar-refractivity contribution in [3.8, 4) is 22.6 Å². The molecule has 12 heteroatoms. The zero-order valence-corrected chi connectivity index (χ0v) is 37.0. The van der Waals surface area contributed by atoms with Crippen LogP contribution < -0.4 is 0 Å². The van der Waals surface area contributed by atoms with Crippen LogP contribution in [0, 0.1) is 37.2 Å². The summed E-state index contributed by atoms with van der Waals surface area (Å²) in [6, 6.07) is 18.0. The van der Waals surface area contributed by atoms with Crippen LogP contribution in [-0.4, -0.2) is 22.1 Å². The summed E-state index contributed by atoms with van der Waals surface area (Å²) in [6.07, 6.45) is -2.92. The van der Waals surface area contributed by atoms with Crippen molar-refractivity contribution in [1.29, 1.82) is 0 Å². The third kappa shape index (κ3) is 10.1. The number of nitrogens with zero attached hydrogens (tertiary/aromatic N) is 1. The Bertz CT molecular complexity index is 2400. The Labute approximate surface area is 353 Å². The molecule has 0 saturated carbocycles. The van der Waals surface area contributed by atoms with Crippen LogP contribution in [0.25, 0.3) is 53.7 Å². The molecule has 0 fully saturated rings. The normalized spacial score (nSPS) is 12.7. The topological polar surface area (TPSA) is 63.3 Å². The van der Waals surface area contributed by atoms with Crippen molar-refractivity contribution < 1.29 is 60.8 Å². The number of allylic oxidation sites excluding steroid dienone is 2. The molecular formula is C46H48F6IrNO3S-. The van der Waals surface area contributed by atoms with Gasteiger partial charge in [-0.3, -0.25) is 4.79 Å². The van der Waals surface area contributed by atoms with Crippen LogP contribution in [0.1, 0.15) is 89.5 Å². The zero-order chi connectivity index (χ0) is 42.0. The largest absolute Gasteiger partial charge is 0.512 e. The van der Waals surface area contributed by atoms with E-state index in [0.29, 0.717) is 37.7 Å². The molecule has 6 rings (SSSR count). The molecule has 6 aromatic rings. The number of benzene rings is 3. The van der Waals surface area contributed by atoms with E-state index >= 15 is 0 Å². The van der Waals surface area contributed by atoms with Gasteiger partial charge in [0.15, 0.2) is 5.78 Å². The molecule has 0 saturated heterocycles. The number of aromatic nitrogens is 1. The van der Waals surface area contributed by atoms with Gasteiger partial charge in [0.05, 0.1) is 16.7 Å². The fraction of sp³-hybridized carbons (Fsp3) is 0.391. The monoisotopic (exact) mass is 1000 g/mol. The second kappa shape index (κ2) is 18.5. The summed E-state index contributed by atoms with van der Waals surface area (Å²) in [7, 11) is 0. The molecule has 0 amide bonds. The van der Waals surface area contributed by atoms with Crippen LogP contribution in [0.5, 0.6) is 0 Å². The fourth-order valence-electron chi connectivity index (χ4n) is 7.18. The number of carbonyl (C=O) groups is 1. The first-order chi connectivity index (χ1) is 26.7. The number of halogens is 6. The summed E-state index contributed by atoms with van der Waals surface area (Å²) in [6.45, 7) is 14.1. The molecule has 58 heavy (non-hydrogen) atoms. The number of aliphatic hydroxyl groups excluding tert-OH is 1. The Balaban J connectivity index is 0.000000398. The van der Waals surface area contributed by atoms with Crippen molar-refractivity contribution in [2.24, 2.45) is 17.3 Å². The molecule has 0 aliphatic heterocycles. The molecule has 0 aliphatic rings. The van der Waals surface area contributed by atoms with Crippen LogP contribution in [0.4, 0.5) is 26.3 Å². The molecule has 3 aromatic heterocycles. The van der Waals surface area contributed by atoms with Gasteiger partial charge in [0.2, 0.25) is 0 Å². The maximum atomic E-state index is 14.8. The van der Waals surface area contributed by atoms with Crippen LogP contribution in [0.2, 0.25) is 0 Å². The van der Waals surface area contributed by atoms with E-state index in [2.05, 4.69) is 11.1 Å². The van der Waals surface area contributed by atoms with Crippen molar-refractivity contribution in [1.82, 2.24) is 4.98 Å². The number of alkyl halides is 6. The predicted octanol–water partition coefficient (Wildman–Crippen LogP) is 15.0. The van der Waals surface area contributed by atoms with E-state index in [1.54, 1.807) is 30.5 Å². The number of hydrogen-bond acceptors (Lipinski definition) is 5. The first-order valence-electron chi connectivity index (χ1n) is 19.2. The zero-order valence-electron chi connectivity index (χ0n) is 33.8. The van der Waals surface area contributed by atoms with Crippen molar-refractivity contribution in [2.45, 2.75) is 99.8 Å². The number of thiophene rings is 1. The number of carbonyl (C=O) groups excluding carboxylic acids is 1. The quantitative estimate of drug-likeness (QED) is 0.0608. The molecule has 0 bridgehead atoms. The molecule has 1 N–H and O–H groups in total. The third-order valence-electron chi connectivity index (χ3n) is 10.6. The number of aryl methyl sites for hydroxylation is 2. The number of furan rings is 1. The van der Waals surface area contributed by atoms with Gasteiger partial charge < -0.3 is 14.5 Å². The molecule has 3 heterocycles. The van der Waals surface area contributed by atoms with Crippen molar-refractivity contribution in [2.75, 3.05) is 0 Å². The first-order valence-corrected chi connectivity index (χ1v) is 20.0. The van der Waals surface area contributed by atoms with Gasteiger partial charge in [-0.2, -0.15) is 26.3 Å². The summed E-state index contributed by atoms with van der Waals surface area (Å²) in [5.74, 6) is 0.538. The molecule has 1 radical (unpaired) electrons. The number of hydrogen-bond donors (Lipinski definition) is 1. The van der Waals surface area contributed by atoms with E-state index in [1.165, 1.54) is 24.3 Å². The average Bonchev–Trinajstić information content (AvgIpc) is 3.72. The van der Waals surface area contributed by atoms with E-state index in [4.69, 9.17) is 4.42 Å². The molecule has 0 atom stereocenters. The average molecular weight is 1000 g/mol. The second-order valence-electron chi connectivity index (χ2n) is 15.3. The van der Waals surface area contributed by atoms with E-state index in [9.17, 15) is 36.2 Å². The van der Waals surface area contributed by atoms with Crippen LogP contribution in [0.15, 0.2) is 77.0 Å². The van der Waals surface area contributed by atoms with Gasteiger partial charge in [0.25, 0.3) is 0 Å². The van der Waals surface area contributed by atoms with Crippen molar-refractivity contribution in [3.63, 3.8) is 0 Å². The van der Waals surface area contributed by atoms with Crippen molar-refractivity contribution >= 4 is 48.3 Å². The Morgan fingerprint density at radius 1 is 0.862 bits per heavy atom. The maximum Gasteiger partial charge on any atom is 0.418 e. The molecule has 0 aliphatic carbocycles. The van der Waals surface area contributed by atoms with Gasteiger partial charge in [-0.1, -0.05) is 73.6 Å². The predicted molar refractivity (Wildman–Crippen MR) is 218 cm³/mol. The summed E-state index contributed by atoms with van der Waals surface area (Å²) in [5, 5.41) is 11.4. The third-order valence-corrected chi connectivity index (χ3v) is 11.8. The maximum absolute atomic E-state index is 14.8. The second-order valence-corrected chi connectivity index (χ2v) is 16.3. The van der Waals surface area contributed by atoms with Gasteiger partial charge in [-0.15, -0.1) is 46.2 Å². The molecule has 4 nitrogen and oxygen atoms in total. The van der Waals surface area contributed by atoms with Gasteiger partial charge in [-0.05, 0) is 67.3 Å². The van der Waals surface area contributed by atoms with Gasteiger partial charge in [0, 0.05) is 75.6 Å². The number of aliphatic hydroxyl groups is 1. The number of pyridine rings is 1. The Kier molecular flexibility index (Phi) is 14.9. The summed E-state index contributed by atoms with van der Waals surface area (Å²) < 4.78 is 91.2. The van der Waals surface area contributed by atoms with E-state index in [0.717, 1.165) is 62.0 Å². The standard InChI is InChI=1S/C33H24F6NOS.C13H24O2.Ir/c1-17-11-18(2)13-21(12-17)28-30-23(9-10-40-28)22-7-8-24(27(29(22)42-30)32(34,35)36)26-15-20-6-5-19(14-25(20)41-26)16-31(3,4)33(37,38)39;1-5-10(6-2)12(14)9-13(15)11(7-3)8-4;/h5-12,14-15H,16H2,1-4H3;9-11,14H,5-8H2,1-4H3;/q-1;;/b;12-9-;. The Hall–Kier alpha value is -3.99. The SMILES string of the molecule is CCC(CC)C(=O)/C=C(\O)C(CC)CC.Cc1[c-]c(-c2nccc3c2sc2c(C(F)(F)F)c(-c4cc5ccc(CC(C)(C)C(F)(F)F)cc5o4)ccc23)cc(C)c1.[Ir]. The molecule has 0 spiro atoms. The van der Waals surface area contributed by atoms with Gasteiger partial charge >= 0.3 is 12.4 Å². The summed E-state index contributed by atoms with van der Waals surface area (Å²) in [4.78, 5) is 16.2. The Morgan fingerprint density at radius 3 is 2.09 bits per heavy atom. The summed E-state index contributed by atoms with van der Waals surface area (Å²) >= 11 is 1.02.